The van der Waals surface area contributed by atoms with Crippen molar-refractivity contribution in [3.8, 4) is 5.75 Å². The number of rotatable bonds is 4. The van der Waals surface area contributed by atoms with Crippen molar-refractivity contribution in [3.05, 3.63) is 29.8 Å². The third kappa shape index (κ3) is 2.97. The van der Waals surface area contributed by atoms with E-state index in [4.69, 9.17) is 4.74 Å². The zero-order chi connectivity index (χ0) is 12.1. The second-order valence-corrected chi connectivity index (χ2v) is 3.70. The fourth-order valence-electron chi connectivity index (χ4n) is 1.39. The molecule has 0 bridgehead atoms. The molecule has 1 atom stereocenters. The summed E-state index contributed by atoms with van der Waals surface area (Å²) >= 11 is 0. The molecule has 1 N–H and O–H groups in total. The molecule has 1 rings (SSSR count). The number of benzene rings is 1. The van der Waals surface area contributed by atoms with Crippen LogP contribution in [0.5, 0.6) is 5.75 Å². The number of ether oxygens (including phenoxy) is 1. The van der Waals surface area contributed by atoms with Gasteiger partial charge in [0, 0.05) is 26.3 Å². The van der Waals surface area contributed by atoms with Crippen molar-refractivity contribution in [3.63, 3.8) is 0 Å². The number of carbonyl (C=O) groups excluding carboxylic acids is 1. The Morgan fingerprint density at radius 2 is 2.12 bits per heavy atom. The predicted octanol–water partition coefficient (Wildman–Crippen LogP) is 1.39. The zero-order valence-electron chi connectivity index (χ0n) is 9.80. The zero-order valence-corrected chi connectivity index (χ0v) is 9.80. The lowest BCUT2D eigenvalue weighted by molar-refractivity contribution is -0.140. The Labute approximate surface area is 95.5 Å². The number of hydrogen-bond acceptors (Lipinski definition) is 3. The maximum Gasteiger partial charge on any atom is 0.251 e. The van der Waals surface area contributed by atoms with Gasteiger partial charge >= 0.3 is 0 Å². The largest absolute Gasteiger partial charge is 0.508 e. The molecule has 0 saturated carbocycles. The number of phenols is 1. The Morgan fingerprint density at radius 1 is 1.50 bits per heavy atom. The first-order valence-electron chi connectivity index (χ1n) is 5.11. The highest BCUT2D eigenvalue weighted by atomic mass is 16.5. The lowest BCUT2D eigenvalue weighted by Crippen LogP contribution is -2.35. The van der Waals surface area contributed by atoms with Crippen LogP contribution >= 0.6 is 0 Å². The first kappa shape index (κ1) is 12.5. The Kier molecular flexibility index (Phi) is 4.31. The number of phenolic OH excluding ortho intramolecular Hbond substituents is 1. The van der Waals surface area contributed by atoms with Crippen molar-refractivity contribution in [1.82, 2.24) is 4.90 Å². The molecule has 88 valence electrons. The molecule has 0 spiro atoms. The minimum absolute atomic E-state index is 0.106. The van der Waals surface area contributed by atoms with Crippen molar-refractivity contribution < 1.29 is 14.6 Å². The average molecular weight is 223 g/mol. The Hall–Kier alpha value is -1.55. The number of carbonyl (C=O) groups is 1. The Balaban J connectivity index is 2.68. The summed E-state index contributed by atoms with van der Waals surface area (Å²) in [4.78, 5) is 13.2. The maximum absolute atomic E-state index is 11.7. The smallest absolute Gasteiger partial charge is 0.251 e. The molecule has 0 aliphatic carbocycles. The summed E-state index contributed by atoms with van der Waals surface area (Å²) in [5, 5.41) is 9.57. The molecule has 0 radical (unpaired) electrons. The molecule has 16 heavy (non-hydrogen) atoms. The number of para-hydroxylation sites is 1. The van der Waals surface area contributed by atoms with E-state index in [0.717, 1.165) is 5.56 Å². The van der Waals surface area contributed by atoms with E-state index in [-0.39, 0.29) is 11.7 Å². The van der Waals surface area contributed by atoms with Crippen LogP contribution in [0.15, 0.2) is 24.3 Å². The lowest BCUT2D eigenvalue weighted by Gasteiger charge is -2.20. The van der Waals surface area contributed by atoms with Gasteiger partial charge in [0.05, 0.1) is 0 Å². The van der Waals surface area contributed by atoms with E-state index < -0.39 is 6.10 Å². The van der Waals surface area contributed by atoms with Gasteiger partial charge in [0.1, 0.15) is 11.9 Å². The van der Waals surface area contributed by atoms with Crippen molar-refractivity contribution in [2.75, 3.05) is 14.2 Å². The monoisotopic (exact) mass is 223 g/mol. The standard InChI is InChI=1S/C12H17NO3/c1-9(16-3)12(15)13(2)8-10-6-4-5-7-11(10)14/h4-7,9,14H,8H2,1-3H3. The summed E-state index contributed by atoms with van der Waals surface area (Å²) in [7, 11) is 3.18. The fourth-order valence-corrected chi connectivity index (χ4v) is 1.39. The van der Waals surface area contributed by atoms with Crippen LogP contribution in [0.1, 0.15) is 12.5 Å². The van der Waals surface area contributed by atoms with Gasteiger partial charge in [-0.2, -0.15) is 0 Å². The van der Waals surface area contributed by atoms with Crippen molar-refractivity contribution >= 4 is 5.91 Å². The molecule has 1 unspecified atom stereocenters. The van der Waals surface area contributed by atoms with E-state index in [2.05, 4.69) is 0 Å². The predicted molar refractivity (Wildman–Crippen MR) is 61.1 cm³/mol. The molecule has 0 fully saturated rings. The normalized spacial score (nSPS) is 12.2. The van der Waals surface area contributed by atoms with E-state index in [0.29, 0.717) is 6.54 Å². The maximum atomic E-state index is 11.7. The van der Waals surface area contributed by atoms with Crippen molar-refractivity contribution in [1.29, 1.82) is 0 Å². The quantitative estimate of drug-likeness (QED) is 0.839. The molecule has 0 aromatic heterocycles. The number of methoxy groups -OCH3 is 1. The molecule has 4 heteroatoms. The second kappa shape index (κ2) is 5.51. The Morgan fingerprint density at radius 3 is 2.69 bits per heavy atom. The van der Waals surface area contributed by atoms with Crippen LogP contribution in [-0.4, -0.2) is 36.2 Å². The van der Waals surface area contributed by atoms with Gasteiger partial charge in [-0.3, -0.25) is 4.79 Å². The molecular weight excluding hydrogens is 206 g/mol. The summed E-state index contributed by atoms with van der Waals surface area (Å²) in [6.45, 7) is 2.07. The van der Waals surface area contributed by atoms with Crippen LogP contribution in [0, 0.1) is 0 Å². The van der Waals surface area contributed by atoms with Crippen molar-refractivity contribution in [2.45, 2.75) is 19.6 Å². The van der Waals surface area contributed by atoms with Gasteiger partial charge in [0.25, 0.3) is 5.91 Å². The summed E-state index contributed by atoms with van der Waals surface area (Å²) in [6, 6.07) is 6.97. The lowest BCUT2D eigenvalue weighted by atomic mass is 10.2. The van der Waals surface area contributed by atoms with Gasteiger partial charge in [-0.15, -0.1) is 0 Å². The third-order valence-electron chi connectivity index (χ3n) is 2.48. The molecule has 4 nitrogen and oxygen atoms in total. The van der Waals surface area contributed by atoms with Gasteiger partial charge in [-0.1, -0.05) is 18.2 Å². The topological polar surface area (TPSA) is 49.8 Å². The summed E-state index contributed by atoms with van der Waals surface area (Å²) < 4.78 is 4.95. The van der Waals surface area contributed by atoms with Gasteiger partial charge in [-0.25, -0.2) is 0 Å². The molecular formula is C12H17NO3. The number of hydrogen-bond donors (Lipinski definition) is 1. The van der Waals surface area contributed by atoms with Gasteiger partial charge in [0.15, 0.2) is 0 Å². The molecule has 0 aliphatic rings. The van der Waals surface area contributed by atoms with Crippen LogP contribution in [0.2, 0.25) is 0 Å². The van der Waals surface area contributed by atoms with Crippen LogP contribution < -0.4 is 0 Å². The second-order valence-electron chi connectivity index (χ2n) is 3.70. The number of aromatic hydroxyl groups is 1. The van der Waals surface area contributed by atoms with Gasteiger partial charge < -0.3 is 14.7 Å². The van der Waals surface area contributed by atoms with Crippen molar-refractivity contribution in [2.24, 2.45) is 0 Å². The summed E-state index contributed by atoms with van der Waals surface area (Å²) in [6.07, 6.45) is -0.462. The van der Waals surface area contributed by atoms with E-state index in [1.807, 2.05) is 6.07 Å². The molecule has 1 aromatic carbocycles. The summed E-state index contributed by atoms with van der Waals surface area (Å²) in [5.41, 5.74) is 0.724. The van der Waals surface area contributed by atoms with Crippen LogP contribution in [-0.2, 0) is 16.1 Å². The van der Waals surface area contributed by atoms with E-state index in [9.17, 15) is 9.90 Å². The van der Waals surface area contributed by atoms with Crippen LogP contribution in [0.25, 0.3) is 0 Å². The van der Waals surface area contributed by atoms with Gasteiger partial charge in [0.2, 0.25) is 0 Å². The minimum Gasteiger partial charge on any atom is -0.508 e. The van der Waals surface area contributed by atoms with E-state index in [1.54, 1.807) is 32.2 Å². The van der Waals surface area contributed by atoms with Crippen LogP contribution in [0.3, 0.4) is 0 Å². The number of likely N-dealkylation sites (N-methyl/N-ethyl adjacent to an activating group) is 1. The van der Waals surface area contributed by atoms with Gasteiger partial charge in [-0.05, 0) is 13.0 Å². The first-order valence-corrected chi connectivity index (χ1v) is 5.11. The first-order chi connectivity index (χ1) is 7.56. The average Bonchev–Trinajstić information content (AvgIpc) is 2.30. The SMILES string of the molecule is COC(C)C(=O)N(C)Cc1ccccc1O. The highest BCUT2D eigenvalue weighted by Gasteiger charge is 2.17. The fraction of sp³-hybridized carbons (Fsp3) is 0.417. The molecule has 0 saturated heterocycles. The Bertz CT molecular complexity index is 365. The third-order valence-corrected chi connectivity index (χ3v) is 2.48. The van der Waals surface area contributed by atoms with Crippen LogP contribution in [0.4, 0.5) is 0 Å². The molecule has 1 amide bonds. The molecule has 1 aromatic rings. The number of nitrogens with zero attached hydrogens (tertiary/aromatic N) is 1. The highest BCUT2D eigenvalue weighted by Crippen LogP contribution is 2.17. The highest BCUT2D eigenvalue weighted by molar-refractivity contribution is 5.80. The molecule has 0 heterocycles. The minimum atomic E-state index is -0.462. The molecule has 0 aliphatic heterocycles. The number of amides is 1. The van der Waals surface area contributed by atoms with E-state index in [1.165, 1.54) is 12.0 Å². The summed E-state index contributed by atoms with van der Waals surface area (Å²) in [5.74, 6) is 0.0953. The van der Waals surface area contributed by atoms with E-state index >= 15 is 0 Å².